The van der Waals surface area contributed by atoms with E-state index in [1.165, 1.54) is 18.4 Å². The Kier molecular flexibility index (Phi) is 5.11. The molecule has 138 valence electrons. The summed E-state index contributed by atoms with van der Waals surface area (Å²) < 4.78 is 9.82. The molecular weight excluding hydrogens is 352 g/mol. The molecule has 0 aliphatic carbocycles. The molecule has 0 unspecified atom stereocenters. The lowest BCUT2D eigenvalue weighted by Crippen LogP contribution is -2.43. The van der Waals surface area contributed by atoms with Crippen molar-refractivity contribution >= 4 is 28.8 Å². The quantitative estimate of drug-likeness (QED) is 0.528. The van der Waals surface area contributed by atoms with Crippen LogP contribution < -0.4 is 10.9 Å². The van der Waals surface area contributed by atoms with Crippen molar-refractivity contribution in [3.05, 3.63) is 59.3 Å². The number of rotatable bonds is 4. The monoisotopic (exact) mass is 368 g/mol. The van der Waals surface area contributed by atoms with Crippen LogP contribution in [0.5, 0.6) is 0 Å². The Morgan fingerprint density at radius 1 is 1.04 bits per heavy atom. The Balaban J connectivity index is 1.55. The number of esters is 1. The Morgan fingerprint density at radius 3 is 2.48 bits per heavy atom. The van der Waals surface area contributed by atoms with Gasteiger partial charge in [0.2, 0.25) is 0 Å². The zero-order chi connectivity index (χ0) is 19.4. The maximum atomic E-state index is 12.1. The third kappa shape index (κ3) is 4.27. The minimum absolute atomic E-state index is 0.0371. The van der Waals surface area contributed by atoms with Gasteiger partial charge in [-0.2, -0.15) is 0 Å². The summed E-state index contributed by atoms with van der Waals surface area (Å²) >= 11 is 0. The first-order valence-electron chi connectivity index (χ1n) is 7.99. The second-order valence-corrected chi connectivity index (χ2v) is 5.65. The zero-order valence-corrected chi connectivity index (χ0v) is 14.6. The summed E-state index contributed by atoms with van der Waals surface area (Å²) in [6.07, 6.45) is 1.33. The number of furan rings is 1. The number of amides is 2. The fraction of sp³-hybridized carbons (Fsp3) is 0.167. The Bertz CT molecular complexity index is 1010. The smallest absolute Gasteiger partial charge is 0.338 e. The van der Waals surface area contributed by atoms with Gasteiger partial charge in [0.15, 0.2) is 12.4 Å². The highest BCUT2D eigenvalue weighted by atomic mass is 16.5. The van der Waals surface area contributed by atoms with Crippen LogP contribution in [0.25, 0.3) is 11.0 Å². The maximum Gasteiger partial charge on any atom is 0.338 e. The predicted molar refractivity (Wildman–Crippen MR) is 93.6 cm³/mol. The number of ether oxygens (including phenoxy) is 1. The number of carbonyl (C=O) groups excluding carboxylic acids is 3. The van der Waals surface area contributed by atoms with Crippen molar-refractivity contribution < 1.29 is 23.5 Å². The van der Waals surface area contributed by atoms with Crippen molar-refractivity contribution in [2.45, 2.75) is 13.8 Å². The summed E-state index contributed by atoms with van der Waals surface area (Å²) in [7, 11) is 0. The third-order valence-electron chi connectivity index (χ3n) is 3.71. The lowest BCUT2D eigenvalue weighted by molar-refractivity contribution is -0.125. The first-order chi connectivity index (χ1) is 12.9. The van der Waals surface area contributed by atoms with Crippen molar-refractivity contribution in [2.75, 3.05) is 6.61 Å². The van der Waals surface area contributed by atoms with Crippen LogP contribution in [0.1, 0.15) is 32.3 Å². The molecule has 0 fully saturated rings. The number of benzene rings is 1. The largest absolute Gasteiger partial charge is 0.459 e. The standard InChI is InChI=1S/C18H16N4O5/c1-10-11(2)20-14-8-12(5-6-13(14)19-10)18(25)27-9-16(23)21-22-17(24)15-4-3-7-26-15/h3-8H,9H2,1-2H3,(H,21,23)(H,22,24). The Labute approximate surface area is 153 Å². The number of hydrazine groups is 1. The number of carbonyl (C=O) groups is 3. The van der Waals surface area contributed by atoms with Gasteiger partial charge >= 0.3 is 11.9 Å². The van der Waals surface area contributed by atoms with Gasteiger partial charge in [-0.25, -0.2) is 14.8 Å². The molecule has 3 aromatic rings. The van der Waals surface area contributed by atoms with Crippen molar-refractivity contribution in [3.63, 3.8) is 0 Å². The number of hydrogen-bond donors (Lipinski definition) is 2. The Morgan fingerprint density at radius 2 is 1.78 bits per heavy atom. The van der Waals surface area contributed by atoms with Crippen LogP contribution in [0.3, 0.4) is 0 Å². The molecule has 0 aliphatic heterocycles. The van der Waals surface area contributed by atoms with Crippen LogP contribution >= 0.6 is 0 Å². The molecule has 2 amide bonds. The van der Waals surface area contributed by atoms with E-state index in [9.17, 15) is 14.4 Å². The number of aromatic nitrogens is 2. The van der Waals surface area contributed by atoms with Gasteiger partial charge in [-0.15, -0.1) is 0 Å². The molecule has 3 rings (SSSR count). The second kappa shape index (κ2) is 7.65. The van der Waals surface area contributed by atoms with Crippen LogP contribution in [0.15, 0.2) is 41.0 Å². The number of fused-ring (bicyclic) bond motifs is 1. The van der Waals surface area contributed by atoms with Crippen molar-refractivity contribution in [1.82, 2.24) is 20.8 Å². The molecule has 0 bridgehead atoms. The van der Waals surface area contributed by atoms with Gasteiger partial charge in [0, 0.05) is 0 Å². The fourth-order valence-corrected chi connectivity index (χ4v) is 2.20. The lowest BCUT2D eigenvalue weighted by atomic mass is 10.2. The zero-order valence-electron chi connectivity index (χ0n) is 14.6. The maximum absolute atomic E-state index is 12.1. The van der Waals surface area contributed by atoms with Crippen molar-refractivity contribution in [2.24, 2.45) is 0 Å². The van der Waals surface area contributed by atoms with Gasteiger partial charge in [0.1, 0.15) is 0 Å². The minimum atomic E-state index is -0.699. The minimum Gasteiger partial charge on any atom is -0.459 e. The molecule has 2 N–H and O–H groups in total. The summed E-state index contributed by atoms with van der Waals surface area (Å²) in [4.78, 5) is 44.2. The molecular formula is C18H16N4O5. The fourth-order valence-electron chi connectivity index (χ4n) is 2.20. The van der Waals surface area contributed by atoms with E-state index in [-0.39, 0.29) is 11.3 Å². The first kappa shape index (κ1) is 18.1. The summed E-state index contributed by atoms with van der Waals surface area (Å²) in [5.41, 5.74) is 7.30. The number of nitrogens with zero attached hydrogens (tertiary/aromatic N) is 2. The third-order valence-corrected chi connectivity index (χ3v) is 3.71. The van der Waals surface area contributed by atoms with E-state index >= 15 is 0 Å². The van der Waals surface area contributed by atoms with Gasteiger partial charge in [-0.05, 0) is 44.2 Å². The molecule has 0 aliphatic rings. The molecule has 0 spiro atoms. The molecule has 9 nitrogen and oxygen atoms in total. The second-order valence-electron chi connectivity index (χ2n) is 5.65. The first-order valence-corrected chi connectivity index (χ1v) is 7.99. The molecule has 2 aromatic heterocycles. The van der Waals surface area contributed by atoms with Gasteiger partial charge in [0.25, 0.3) is 5.91 Å². The summed E-state index contributed by atoms with van der Waals surface area (Å²) in [6.45, 7) is 3.12. The van der Waals surface area contributed by atoms with Crippen LogP contribution in [-0.2, 0) is 9.53 Å². The van der Waals surface area contributed by atoms with Gasteiger partial charge < -0.3 is 9.15 Å². The summed E-state index contributed by atoms with van der Waals surface area (Å²) in [5.74, 6) is -1.98. The lowest BCUT2D eigenvalue weighted by Gasteiger charge is -2.08. The average molecular weight is 368 g/mol. The molecule has 2 heterocycles. The van der Waals surface area contributed by atoms with Gasteiger partial charge in [-0.3, -0.25) is 20.4 Å². The van der Waals surface area contributed by atoms with E-state index in [1.54, 1.807) is 18.2 Å². The van der Waals surface area contributed by atoms with Crippen LogP contribution in [0.2, 0.25) is 0 Å². The number of hydrogen-bond acceptors (Lipinski definition) is 7. The normalized spacial score (nSPS) is 10.4. The predicted octanol–water partition coefficient (Wildman–Crippen LogP) is 1.46. The number of nitrogens with one attached hydrogen (secondary N) is 2. The average Bonchev–Trinajstić information content (AvgIpc) is 3.19. The van der Waals surface area contributed by atoms with Crippen LogP contribution in [0.4, 0.5) is 0 Å². The van der Waals surface area contributed by atoms with E-state index in [0.29, 0.717) is 11.0 Å². The van der Waals surface area contributed by atoms with Gasteiger partial charge in [-0.1, -0.05) is 0 Å². The van der Waals surface area contributed by atoms with E-state index < -0.39 is 24.4 Å². The van der Waals surface area contributed by atoms with E-state index in [0.717, 1.165) is 11.4 Å². The van der Waals surface area contributed by atoms with Crippen molar-refractivity contribution in [3.8, 4) is 0 Å². The molecule has 0 saturated carbocycles. The molecule has 1 aromatic carbocycles. The molecule has 0 atom stereocenters. The highest BCUT2D eigenvalue weighted by molar-refractivity contribution is 5.95. The number of aryl methyl sites for hydroxylation is 2. The van der Waals surface area contributed by atoms with E-state index in [4.69, 9.17) is 9.15 Å². The Hall–Kier alpha value is -3.75. The molecule has 9 heteroatoms. The van der Waals surface area contributed by atoms with E-state index in [1.807, 2.05) is 13.8 Å². The topological polar surface area (TPSA) is 123 Å². The summed E-state index contributed by atoms with van der Waals surface area (Å²) in [6, 6.07) is 7.73. The summed E-state index contributed by atoms with van der Waals surface area (Å²) in [5, 5.41) is 0. The van der Waals surface area contributed by atoms with Crippen molar-refractivity contribution in [1.29, 1.82) is 0 Å². The molecule has 0 saturated heterocycles. The molecule has 27 heavy (non-hydrogen) atoms. The van der Waals surface area contributed by atoms with Gasteiger partial charge in [0.05, 0.1) is 34.2 Å². The highest BCUT2D eigenvalue weighted by Gasteiger charge is 2.14. The highest BCUT2D eigenvalue weighted by Crippen LogP contribution is 2.15. The molecule has 0 radical (unpaired) electrons. The SMILES string of the molecule is Cc1nc2ccc(C(=O)OCC(=O)NNC(=O)c3ccco3)cc2nc1C. The van der Waals surface area contributed by atoms with E-state index in [2.05, 4.69) is 20.8 Å². The van der Waals surface area contributed by atoms with Crippen LogP contribution in [-0.4, -0.2) is 34.4 Å². The van der Waals surface area contributed by atoms with Crippen LogP contribution in [0, 0.1) is 13.8 Å².